The number of piperazine rings is 1. The van der Waals surface area contributed by atoms with Crippen molar-refractivity contribution in [2.24, 2.45) is 7.05 Å². The average molecular weight is 552 g/mol. The molecule has 204 valence electrons. The minimum Gasteiger partial charge on any atom is -0.394 e. The molecule has 0 unspecified atom stereocenters. The first-order valence-electron chi connectivity index (χ1n) is 12.4. The fourth-order valence-electron chi connectivity index (χ4n) is 4.63. The number of carbonyl (C=O) groups excluding carboxylic acids is 1. The zero-order valence-corrected chi connectivity index (χ0v) is 22.7. The van der Waals surface area contributed by atoms with E-state index in [1.54, 1.807) is 66.3 Å². The van der Waals surface area contributed by atoms with Gasteiger partial charge in [-0.3, -0.25) is 18.8 Å². The number of aryl methyl sites for hydroxylation is 1. The molecule has 1 amide bonds. The van der Waals surface area contributed by atoms with E-state index in [9.17, 15) is 23.1 Å². The summed E-state index contributed by atoms with van der Waals surface area (Å²) in [5.41, 5.74) is 3.03. The Hall–Kier alpha value is -3.94. The second-order valence-electron chi connectivity index (χ2n) is 9.68. The van der Waals surface area contributed by atoms with E-state index in [0.29, 0.717) is 52.1 Å². The molecule has 1 fully saturated rings. The Morgan fingerprint density at radius 1 is 1.10 bits per heavy atom. The number of aliphatic hydroxyl groups excluding tert-OH is 1. The highest BCUT2D eigenvalue weighted by Crippen LogP contribution is 2.29. The maximum atomic E-state index is 13.4. The number of hydrogen-bond acceptors (Lipinski definition) is 8. The van der Waals surface area contributed by atoms with Crippen LogP contribution in [0.25, 0.3) is 33.4 Å². The lowest BCUT2D eigenvalue weighted by Crippen LogP contribution is -2.50. The summed E-state index contributed by atoms with van der Waals surface area (Å²) in [6.07, 6.45) is 6.03. The standard InChI is InChI=1S/C26H29N7O5S/c1-17(15-34)33-16-27-24-21(26(33)36)12-22(29-23(24)20-13-28-30(2)14-20)18-4-6-19(7-5-18)25(35)31-8-10-32(11-9-31)39(3,37)38/h4-7,12-14,16-17,34H,8-11,15H2,1-3H3/t17-/m0/s1. The number of nitrogens with zero attached hydrogens (tertiary/aromatic N) is 7. The van der Waals surface area contributed by atoms with E-state index in [1.165, 1.54) is 21.5 Å². The van der Waals surface area contributed by atoms with Gasteiger partial charge < -0.3 is 10.0 Å². The molecule has 0 aliphatic carbocycles. The van der Waals surface area contributed by atoms with Gasteiger partial charge in [0.2, 0.25) is 10.0 Å². The normalized spacial score (nSPS) is 15.5. The summed E-state index contributed by atoms with van der Waals surface area (Å²) in [5.74, 6) is -0.178. The second-order valence-corrected chi connectivity index (χ2v) is 11.7. The Morgan fingerprint density at radius 2 is 1.79 bits per heavy atom. The summed E-state index contributed by atoms with van der Waals surface area (Å²) in [7, 11) is -1.50. The molecule has 1 aliphatic heterocycles. The predicted molar refractivity (Wildman–Crippen MR) is 146 cm³/mol. The van der Waals surface area contributed by atoms with Crippen molar-refractivity contribution in [1.82, 2.24) is 33.5 Å². The zero-order valence-electron chi connectivity index (χ0n) is 21.9. The van der Waals surface area contributed by atoms with Gasteiger partial charge in [-0.15, -0.1) is 0 Å². The average Bonchev–Trinajstić information content (AvgIpc) is 3.37. The van der Waals surface area contributed by atoms with Crippen LogP contribution in [0.5, 0.6) is 0 Å². The van der Waals surface area contributed by atoms with E-state index in [-0.39, 0.29) is 31.2 Å². The molecule has 1 N–H and O–H groups in total. The number of sulfonamides is 1. The molecule has 4 heterocycles. The molecule has 1 saturated heterocycles. The number of amides is 1. The van der Waals surface area contributed by atoms with E-state index in [4.69, 9.17) is 4.98 Å². The number of benzene rings is 1. The van der Waals surface area contributed by atoms with Gasteiger partial charge in [-0.1, -0.05) is 12.1 Å². The quantitative estimate of drug-likeness (QED) is 0.376. The molecule has 1 atom stereocenters. The van der Waals surface area contributed by atoms with Gasteiger partial charge in [0.05, 0.1) is 42.5 Å². The summed E-state index contributed by atoms with van der Waals surface area (Å²) in [6, 6.07) is 8.17. The van der Waals surface area contributed by atoms with Crippen LogP contribution >= 0.6 is 0 Å². The Kier molecular flexibility index (Phi) is 7.05. The van der Waals surface area contributed by atoms with Crippen molar-refractivity contribution in [3.05, 3.63) is 65.0 Å². The molecule has 0 saturated carbocycles. The molecular formula is C26H29N7O5S. The summed E-state index contributed by atoms with van der Waals surface area (Å²) in [4.78, 5) is 37.4. The van der Waals surface area contributed by atoms with Gasteiger partial charge in [0, 0.05) is 56.1 Å². The molecule has 1 aliphatic rings. The molecule has 13 heteroatoms. The molecule has 0 radical (unpaired) electrons. The summed E-state index contributed by atoms with van der Waals surface area (Å²) < 4.78 is 27.9. The molecule has 4 aromatic rings. The van der Waals surface area contributed by atoms with Gasteiger partial charge in [0.15, 0.2) is 0 Å². The monoisotopic (exact) mass is 551 g/mol. The van der Waals surface area contributed by atoms with Gasteiger partial charge in [-0.2, -0.15) is 9.40 Å². The van der Waals surface area contributed by atoms with Crippen LogP contribution in [-0.4, -0.2) is 92.0 Å². The topological polar surface area (TPSA) is 144 Å². The first-order chi connectivity index (χ1) is 18.6. The number of carbonyl (C=O) groups is 1. The summed E-state index contributed by atoms with van der Waals surface area (Å²) in [6.45, 7) is 2.69. The summed E-state index contributed by atoms with van der Waals surface area (Å²) >= 11 is 0. The molecule has 12 nitrogen and oxygen atoms in total. The van der Waals surface area contributed by atoms with Crippen LogP contribution in [0.15, 0.2) is 53.8 Å². The number of aromatic nitrogens is 5. The van der Waals surface area contributed by atoms with Gasteiger partial charge in [-0.25, -0.2) is 18.4 Å². The smallest absolute Gasteiger partial charge is 0.261 e. The van der Waals surface area contributed by atoms with Crippen LogP contribution in [0.2, 0.25) is 0 Å². The Bertz CT molecular complexity index is 1710. The van der Waals surface area contributed by atoms with Gasteiger partial charge in [0.25, 0.3) is 11.5 Å². The zero-order chi connectivity index (χ0) is 27.9. The highest BCUT2D eigenvalue weighted by Gasteiger charge is 2.26. The van der Waals surface area contributed by atoms with Crippen molar-refractivity contribution < 1.29 is 18.3 Å². The predicted octanol–water partition coefficient (Wildman–Crippen LogP) is 1.13. The molecular weight excluding hydrogens is 522 g/mol. The van der Waals surface area contributed by atoms with Gasteiger partial charge >= 0.3 is 0 Å². The number of hydrogen-bond donors (Lipinski definition) is 1. The number of pyridine rings is 1. The van der Waals surface area contributed by atoms with Crippen molar-refractivity contribution >= 4 is 26.8 Å². The lowest BCUT2D eigenvalue weighted by Gasteiger charge is -2.33. The molecule has 1 aromatic carbocycles. The molecule has 39 heavy (non-hydrogen) atoms. The Labute approximate surface area is 225 Å². The number of aliphatic hydroxyl groups is 1. The molecule has 5 rings (SSSR count). The maximum Gasteiger partial charge on any atom is 0.261 e. The SMILES string of the molecule is C[C@@H](CO)n1cnc2c(-c3cnn(C)c3)nc(-c3ccc(C(=O)N4CCN(S(C)(=O)=O)CC4)cc3)cc2c1=O. The van der Waals surface area contributed by atoms with E-state index in [1.807, 2.05) is 0 Å². The lowest BCUT2D eigenvalue weighted by molar-refractivity contribution is 0.0698. The fourth-order valence-corrected chi connectivity index (χ4v) is 5.45. The van der Waals surface area contributed by atoms with Crippen LogP contribution < -0.4 is 5.56 Å². The third-order valence-electron chi connectivity index (χ3n) is 6.91. The fraction of sp³-hybridized carbons (Fsp3) is 0.346. The highest BCUT2D eigenvalue weighted by molar-refractivity contribution is 7.88. The van der Waals surface area contributed by atoms with Crippen LogP contribution in [0.1, 0.15) is 23.3 Å². The van der Waals surface area contributed by atoms with E-state index in [0.717, 1.165) is 0 Å². The van der Waals surface area contributed by atoms with Crippen molar-refractivity contribution in [1.29, 1.82) is 0 Å². The maximum absolute atomic E-state index is 13.4. The number of rotatable bonds is 6. The van der Waals surface area contributed by atoms with Gasteiger partial charge in [0.1, 0.15) is 11.2 Å². The third kappa shape index (κ3) is 5.20. The van der Waals surface area contributed by atoms with Crippen molar-refractivity contribution in [3.8, 4) is 22.5 Å². The van der Waals surface area contributed by atoms with E-state index in [2.05, 4.69) is 10.1 Å². The van der Waals surface area contributed by atoms with Crippen LogP contribution in [-0.2, 0) is 17.1 Å². The first kappa shape index (κ1) is 26.7. The second kappa shape index (κ2) is 10.3. The molecule has 0 spiro atoms. The highest BCUT2D eigenvalue weighted by atomic mass is 32.2. The Morgan fingerprint density at radius 3 is 2.38 bits per heavy atom. The van der Waals surface area contributed by atoms with Crippen molar-refractivity contribution in [3.63, 3.8) is 0 Å². The van der Waals surface area contributed by atoms with Gasteiger partial charge in [-0.05, 0) is 25.1 Å². The first-order valence-corrected chi connectivity index (χ1v) is 14.3. The third-order valence-corrected chi connectivity index (χ3v) is 8.21. The minimum absolute atomic E-state index is 0.178. The minimum atomic E-state index is -3.28. The Balaban J connectivity index is 1.50. The summed E-state index contributed by atoms with van der Waals surface area (Å²) in [5, 5.41) is 14.2. The lowest BCUT2D eigenvalue weighted by atomic mass is 10.0. The number of fused-ring (bicyclic) bond motifs is 1. The van der Waals surface area contributed by atoms with Crippen LogP contribution in [0.4, 0.5) is 0 Å². The van der Waals surface area contributed by atoms with E-state index < -0.39 is 16.1 Å². The van der Waals surface area contributed by atoms with Crippen molar-refractivity contribution in [2.75, 3.05) is 39.0 Å². The molecule has 0 bridgehead atoms. The van der Waals surface area contributed by atoms with E-state index >= 15 is 0 Å². The largest absolute Gasteiger partial charge is 0.394 e. The molecule has 3 aromatic heterocycles. The van der Waals surface area contributed by atoms with Crippen molar-refractivity contribution in [2.45, 2.75) is 13.0 Å². The van der Waals surface area contributed by atoms with Crippen LogP contribution in [0.3, 0.4) is 0 Å². The van der Waals surface area contributed by atoms with Crippen LogP contribution in [0, 0.1) is 0 Å².